The van der Waals surface area contributed by atoms with E-state index in [1.807, 2.05) is 0 Å². The number of cyclic esters (lactones) is 1. The summed E-state index contributed by atoms with van der Waals surface area (Å²) in [6, 6.07) is 21.4. The predicted octanol–water partition coefficient (Wildman–Crippen LogP) is 3.82. The summed E-state index contributed by atoms with van der Waals surface area (Å²) in [5.74, 6) is -0.101. The van der Waals surface area contributed by atoms with Crippen LogP contribution in [0.2, 0.25) is 5.04 Å². The number of carbonyl (C=O) groups is 1. The number of esters is 1. The third-order valence-electron chi connectivity index (χ3n) is 6.37. The van der Waals surface area contributed by atoms with Gasteiger partial charge in [-0.25, -0.2) is 0 Å². The Balaban J connectivity index is 1.57. The minimum atomic E-state index is -2.55. The molecule has 0 aliphatic carbocycles. The van der Waals surface area contributed by atoms with Gasteiger partial charge in [-0.3, -0.25) is 4.79 Å². The maximum atomic E-state index is 11.5. The van der Waals surface area contributed by atoms with Gasteiger partial charge in [0.25, 0.3) is 8.32 Å². The van der Waals surface area contributed by atoms with Crippen molar-refractivity contribution >= 4 is 24.7 Å². The molecule has 2 aliphatic rings. The average molecular weight is 425 g/mol. The van der Waals surface area contributed by atoms with E-state index in [9.17, 15) is 4.79 Å². The van der Waals surface area contributed by atoms with Crippen LogP contribution in [0.4, 0.5) is 0 Å². The van der Waals surface area contributed by atoms with Crippen molar-refractivity contribution in [3.63, 3.8) is 0 Å². The molecular formula is C25H32O4Si. The van der Waals surface area contributed by atoms with Crippen LogP contribution in [-0.2, 0) is 18.7 Å². The van der Waals surface area contributed by atoms with Gasteiger partial charge >= 0.3 is 5.97 Å². The number of benzene rings is 2. The van der Waals surface area contributed by atoms with E-state index < -0.39 is 8.32 Å². The Hall–Kier alpha value is -1.95. The topological polar surface area (TPSA) is 44.8 Å². The molecule has 2 heterocycles. The highest BCUT2D eigenvalue weighted by Crippen LogP contribution is 2.38. The Morgan fingerprint density at radius 3 is 2.00 bits per heavy atom. The Kier molecular flexibility index (Phi) is 6.14. The molecule has 0 bridgehead atoms. The largest absolute Gasteiger partial charge is 0.460 e. The summed E-state index contributed by atoms with van der Waals surface area (Å²) in [4.78, 5) is 11.5. The van der Waals surface area contributed by atoms with Gasteiger partial charge in [0.1, 0.15) is 6.10 Å². The van der Waals surface area contributed by atoms with Crippen LogP contribution in [-0.4, -0.2) is 39.2 Å². The smallest absolute Gasteiger partial charge is 0.306 e. The molecule has 0 saturated carbocycles. The highest BCUT2D eigenvalue weighted by Gasteiger charge is 2.50. The van der Waals surface area contributed by atoms with E-state index >= 15 is 0 Å². The van der Waals surface area contributed by atoms with Gasteiger partial charge in [-0.1, -0.05) is 81.4 Å². The quantitative estimate of drug-likeness (QED) is 0.522. The van der Waals surface area contributed by atoms with Gasteiger partial charge in [-0.15, -0.1) is 0 Å². The molecule has 2 aromatic rings. The summed E-state index contributed by atoms with van der Waals surface area (Å²) in [5.41, 5.74) is 0. The molecule has 4 nitrogen and oxygen atoms in total. The molecule has 2 aromatic carbocycles. The van der Waals surface area contributed by atoms with Crippen LogP contribution in [0.25, 0.3) is 0 Å². The summed E-state index contributed by atoms with van der Waals surface area (Å²) in [5, 5.41) is 2.51. The lowest BCUT2D eigenvalue weighted by Gasteiger charge is -2.43. The zero-order chi connectivity index (χ0) is 21.2. The van der Waals surface area contributed by atoms with Crippen LogP contribution in [0.15, 0.2) is 60.7 Å². The van der Waals surface area contributed by atoms with Gasteiger partial charge in [0.2, 0.25) is 0 Å². The number of ether oxygens (including phenoxy) is 2. The Morgan fingerprint density at radius 1 is 0.900 bits per heavy atom. The van der Waals surface area contributed by atoms with E-state index in [2.05, 4.69) is 81.4 Å². The molecule has 160 valence electrons. The lowest BCUT2D eigenvalue weighted by Crippen LogP contribution is -2.67. The zero-order valence-electron chi connectivity index (χ0n) is 18.2. The van der Waals surface area contributed by atoms with Gasteiger partial charge in [0, 0.05) is 6.42 Å². The van der Waals surface area contributed by atoms with Gasteiger partial charge in [-0.2, -0.15) is 0 Å². The molecule has 4 rings (SSSR count). The first-order valence-corrected chi connectivity index (χ1v) is 12.9. The number of carbonyl (C=O) groups excluding carboxylic acids is 1. The highest BCUT2D eigenvalue weighted by atomic mass is 28.4. The van der Waals surface area contributed by atoms with Crippen LogP contribution in [0, 0.1) is 0 Å². The van der Waals surface area contributed by atoms with Crippen molar-refractivity contribution in [2.24, 2.45) is 0 Å². The first kappa shape index (κ1) is 21.3. The molecule has 2 saturated heterocycles. The minimum Gasteiger partial charge on any atom is -0.460 e. The second-order valence-electron chi connectivity index (χ2n) is 9.42. The SMILES string of the molecule is CC(C)(C)[Si](OC[C@H]1CC[C@H]([C@@H]2CCC(=O)O2)O1)(c1ccccc1)c1ccccc1. The molecule has 5 heteroatoms. The Bertz CT molecular complexity index is 807. The first-order valence-electron chi connectivity index (χ1n) is 11.0. The molecule has 0 spiro atoms. The standard InChI is InChI=1S/C25H32O4Si/c1-25(2,3)30(20-10-6-4-7-11-20,21-12-8-5-9-13-21)27-18-19-14-15-22(28-19)23-16-17-24(26)29-23/h4-13,19,22-23H,14-18H2,1-3H3/t19-,22-,23+/m1/s1. The van der Waals surface area contributed by atoms with E-state index in [1.165, 1.54) is 10.4 Å². The van der Waals surface area contributed by atoms with E-state index in [0.29, 0.717) is 13.0 Å². The third kappa shape index (κ3) is 4.11. The fraction of sp³-hybridized carbons (Fsp3) is 0.480. The summed E-state index contributed by atoms with van der Waals surface area (Å²) < 4.78 is 18.7. The molecule has 0 unspecified atom stereocenters. The lowest BCUT2D eigenvalue weighted by molar-refractivity contribution is -0.147. The van der Waals surface area contributed by atoms with Crippen LogP contribution < -0.4 is 10.4 Å². The average Bonchev–Trinajstić information content (AvgIpc) is 3.38. The second kappa shape index (κ2) is 8.65. The molecule has 30 heavy (non-hydrogen) atoms. The fourth-order valence-corrected chi connectivity index (χ4v) is 9.51. The summed E-state index contributed by atoms with van der Waals surface area (Å²) in [6.07, 6.45) is 3.10. The molecule has 2 fully saturated rings. The summed E-state index contributed by atoms with van der Waals surface area (Å²) >= 11 is 0. The van der Waals surface area contributed by atoms with E-state index in [1.54, 1.807) is 0 Å². The normalized spacial score (nSPS) is 24.8. The van der Waals surface area contributed by atoms with Gasteiger partial charge in [0.05, 0.1) is 18.8 Å². The summed E-state index contributed by atoms with van der Waals surface area (Å²) in [6.45, 7) is 7.42. The van der Waals surface area contributed by atoms with Crippen LogP contribution in [0.1, 0.15) is 46.5 Å². The van der Waals surface area contributed by atoms with E-state index in [-0.39, 0.29) is 29.3 Å². The van der Waals surface area contributed by atoms with E-state index in [0.717, 1.165) is 19.3 Å². The van der Waals surface area contributed by atoms with Crippen molar-refractivity contribution in [2.45, 2.75) is 69.8 Å². The van der Waals surface area contributed by atoms with Gasteiger partial charge in [-0.05, 0) is 34.7 Å². The Labute approximate surface area is 180 Å². The third-order valence-corrected chi connectivity index (χ3v) is 11.4. The maximum Gasteiger partial charge on any atom is 0.306 e. The van der Waals surface area contributed by atoms with Crippen molar-refractivity contribution in [2.75, 3.05) is 6.61 Å². The molecule has 0 aromatic heterocycles. The predicted molar refractivity (Wildman–Crippen MR) is 121 cm³/mol. The monoisotopic (exact) mass is 424 g/mol. The lowest BCUT2D eigenvalue weighted by atomic mass is 10.1. The molecule has 2 aliphatic heterocycles. The first-order chi connectivity index (χ1) is 14.4. The van der Waals surface area contributed by atoms with Gasteiger partial charge < -0.3 is 13.9 Å². The van der Waals surface area contributed by atoms with Crippen LogP contribution in [0.3, 0.4) is 0 Å². The molecule has 3 atom stereocenters. The zero-order valence-corrected chi connectivity index (χ0v) is 19.2. The van der Waals surface area contributed by atoms with Crippen LogP contribution >= 0.6 is 0 Å². The van der Waals surface area contributed by atoms with E-state index in [4.69, 9.17) is 13.9 Å². The molecule has 0 N–H and O–H groups in total. The van der Waals surface area contributed by atoms with Crippen molar-refractivity contribution < 1.29 is 18.7 Å². The summed E-state index contributed by atoms with van der Waals surface area (Å²) in [7, 11) is -2.55. The van der Waals surface area contributed by atoms with Crippen molar-refractivity contribution in [3.8, 4) is 0 Å². The van der Waals surface area contributed by atoms with Gasteiger partial charge in [0.15, 0.2) is 0 Å². The minimum absolute atomic E-state index is 0.00389. The maximum absolute atomic E-state index is 11.5. The highest BCUT2D eigenvalue weighted by molar-refractivity contribution is 6.99. The second-order valence-corrected chi connectivity index (χ2v) is 13.7. The number of rotatable bonds is 6. The fourth-order valence-electron chi connectivity index (χ4n) is 4.92. The van der Waals surface area contributed by atoms with Crippen molar-refractivity contribution in [3.05, 3.63) is 60.7 Å². The molecule has 0 radical (unpaired) electrons. The molecule has 0 amide bonds. The number of hydrogen-bond acceptors (Lipinski definition) is 4. The molecular weight excluding hydrogens is 392 g/mol. The van der Waals surface area contributed by atoms with Crippen LogP contribution in [0.5, 0.6) is 0 Å². The Morgan fingerprint density at radius 2 is 1.50 bits per heavy atom. The van der Waals surface area contributed by atoms with Crippen molar-refractivity contribution in [1.29, 1.82) is 0 Å². The number of hydrogen-bond donors (Lipinski definition) is 0. The van der Waals surface area contributed by atoms with Crippen molar-refractivity contribution in [1.82, 2.24) is 0 Å².